The van der Waals surface area contributed by atoms with Crippen molar-refractivity contribution in [3.63, 3.8) is 0 Å². The van der Waals surface area contributed by atoms with Gasteiger partial charge in [-0.05, 0) is 30.7 Å². The molecule has 0 amide bonds. The van der Waals surface area contributed by atoms with Crippen LogP contribution in [-0.4, -0.2) is 15.7 Å². The summed E-state index contributed by atoms with van der Waals surface area (Å²) in [7, 11) is 1.96. The molecule has 0 aliphatic rings. The zero-order valence-electron chi connectivity index (χ0n) is 14.1. The summed E-state index contributed by atoms with van der Waals surface area (Å²) < 4.78 is 7.02. The Kier molecular flexibility index (Phi) is 4.47. The first-order valence-corrected chi connectivity index (χ1v) is 8.00. The molecule has 4 heteroatoms. The number of esters is 1. The minimum absolute atomic E-state index is 0.316. The van der Waals surface area contributed by atoms with Crippen LogP contribution in [0.25, 0.3) is 22.5 Å². The van der Waals surface area contributed by atoms with Crippen molar-refractivity contribution in [1.29, 1.82) is 0 Å². The number of nitrogens with zero attached hydrogens (tertiary/aromatic N) is 2. The Morgan fingerprint density at radius 3 is 2.29 bits per heavy atom. The summed E-state index contributed by atoms with van der Waals surface area (Å²) in [6.45, 7) is 3.54. The highest BCUT2D eigenvalue weighted by atomic mass is 16.5. The third kappa shape index (κ3) is 3.08. The van der Waals surface area contributed by atoms with E-state index in [1.54, 1.807) is 0 Å². The lowest BCUT2D eigenvalue weighted by Gasteiger charge is -2.07. The second-order valence-corrected chi connectivity index (χ2v) is 5.64. The first-order chi connectivity index (χ1) is 11.6. The van der Waals surface area contributed by atoms with Crippen molar-refractivity contribution in [2.75, 3.05) is 0 Å². The molecular formula is C20H20N2O2. The van der Waals surface area contributed by atoms with Crippen molar-refractivity contribution in [3.8, 4) is 28.3 Å². The summed E-state index contributed by atoms with van der Waals surface area (Å²) >= 11 is 0. The van der Waals surface area contributed by atoms with E-state index in [0.29, 0.717) is 5.75 Å². The van der Waals surface area contributed by atoms with Gasteiger partial charge < -0.3 is 4.74 Å². The first-order valence-electron chi connectivity index (χ1n) is 8.00. The van der Waals surface area contributed by atoms with E-state index >= 15 is 0 Å². The number of aryl methyl sites for hydroxylation is 1. The van der Waals surface area contributed by atoms with Crippen molar-refractivity contribution < 1.29 is 9.53 Å². The van der Waals surface area contributed by atoms with Crippen LogP contribution in [0.4, 0.5) is 0 Å². The maximum absolute atomic E-state index is 11.0. The molecule has 3 rings (SSSR count). The maximum Gasteiger partial charge on any atom is 0.308 e. The number of benzene rings is 2. The smallest absolute Gasteiger partial charge is 0.308 e. The lowest BCUT2D eigenvalue weighted by Crippen LogP contribution is -2.01. The molecule has 1 heterocycles. The number of carbonyl (C=O) groups excluding carboxylic acids is 1. The van der Waals surface area contributed by atoms with Gasteiger partial charge in [-0.3, -0.25) is 9.48 Å². The molecule has 0 aliphatic carbocycles. The van der Waals surface area contributed by atoms with Crippen LogP contribution in [0.3, 0.4) is 0 Å². The molecule has 0 unspecified atom stereocenters. The van der Waals surface area contributed by atoms with Crippen molar-refractivity contribution in [3.05, 3.63) is 60.2 Å². The van der Waals surface area contributed by atoms with Gasteiger partial charge in [-0.2, -0.15) is 5.10 Å². The van der Waals surface area contributed by atoms with Gasteiger partial charge in [-0.15, -0.1) is 0 Å². The summed E-state index contributed by atoms with van der Waals surface area (Å²) in [4.78, 5) is 11.0. The summed E-state index contributed by atoms with van der Waals surface area (Å²) in [5.74, 6) is 0.235. The number of hydrogen-bond donors (Lipinski definition) is 0. The van der Waals surface area contributed by atoms with Crippen LogP contribution in [0.5, 0.6) is 5.75 Å². The Labute approximate surface area is 141 Å². The highest BCUT2D eigenvalue weighted by molar-refractivity contribution is 5.75. The predicted octanol–water partition coefficient (Wildman–Crippen LogP) is 4.24. The second kappa shape index (κ2) is 6.71. The normalized spacial score (nSPS) is 10.6. The van der Waals surface area contributed by atoms with E-state index in [-0.39, 0.29) is 5.97 Å². The van der Waals surface area contributed by atoms with Gasteiger partial charge >= 0.3 is 5.97 Å². The molecule has 0 bridgehead atoms. The largest absolute Gasteiger partial charge is 0.427 e. The number of ether oxygens (including phenoxy) is 1. The summed E-state index contributed by atoms with van der Waals surface area (Å²) in [6.07, 6.45) is 0.888. The minimum Gasteiger partial charge on any atom is -0.427 e. The molecule has 0 N–H and O–H groups in total. The molecule has 0 spiro atoms. The molecular weight excluding hydrogens is 300 g/mol. The van der Waals surface area contributed by atoms with Gasteiger partial charge in [0, 0.05) is 30.7 Å². The Morgan fingerprint density at radius 2 is 1.71 bits per heavy atom. The fraction of sp³-hybridized carbons (Fsp3) is 0.200. The van der Waals surface area contributed by atoms with Crippen LogP contribution in [0.1, 0.15) is 19.4 Å². The molecule has 24 heavy (non-hydrogen) atoms. The van der Waals surface area contributed by atoms with E-state index in [2.05, 4.69) is 19.1 Å². The quantitative estimate of drug-likeness (QED) is 0.533. The van der Waals surface area contributed by atoms with E-state index in [1.165, 1.54) is 12.5 Å². The standard InChI is InChI=1S/C20H20N2O2/c1-4-18-19(15-8-6-5-7-9-15)21-22(3)20(18)16-10-12-17(13-11-16)24-14(2)23/h5-13H,4H2,1-3H3. The predicted molar refractivity (Wildman–Crippen MR) is 94.8 cm³/mol. The second-order valence-electron chi connectivity index (χ2n) is 5.64. The Morgan fingerprint density at radius 1 is 1.04 bits per heavy atom. The Balaban J connectivity index is 2.05. The van der Waals surface area contributed by atoms with Gasteiger partial charge in [0.05, 0.1) is 11.4 Å². The zero-order chi connectivity index (χ0) is 17.1. The van der Waals surface area contributed by atoms with Crippen LogP contribution in [0.15, 0.2) is 54.6 Å². The highest BCUT2D eigenvalue weighted by Crippen LogP contribution is 2.33. The van der Waals surface area contributed by atoms with E-state index in [1.807, 2.05) is 54.2 Å². The Hall–Kier alpha value is -2.88. The fourth-order valence-electron chi connectivity index (χ4n) is 2.94. The van der Waals surface area contributed by atoms with Gasteiger partial charge in [-0.25, -0.2) is 0 Å². The third-order valence-corrected chi connectivity index (χ3v) is 3.94. The molecule has 3 aromatic rings. The van der Waals surface area contributed by atoms with Crippen molar-refractivity contribution in [1.82, 2.24) is 9.78 Å². The molecule has 0 atom stereocenters. The number of hydrogen-bond acceptors (Lipinski definition) is 3. The molecule has 0 fully saturated rings. The molecule has 0 radical (unpaired) electrons. The SMILES string of the molecule is CCc1c(-c2ccccc2)nn(C)c1-c1ccc(OC(C)=O)cc1. The lowest BCUT2D eigenvalue weighted by molar-refractivity contribution is -0.131. The van der Waals surface area contributed by atoms with Crippen LogP contribution in [0, 0.1) is 0 Å². The number of aromatic nitrogens is 2. The van der Waals surface area contributed by atoms with Crippen LogP contribution >= 0.6 is 0 Å². The highest BCUT2D eigenvalue weighted by Gasteiger charge is 2.17. The molecule has 4 nitrogen and oxygen atoms in total. The van der Waals surface area contributed by atoms with E-state index < -0.39 is 0 Å². The maximum atomic E-state index is 11.0. The Bertz CT molecular complexity index is 849. The summed E-state index contributed by atoms with van der Waals surface area (Å²) in [6, 6.07) is 17.8. The van der Waals surface area contributed by atoms with Crippen molar-refractivity contribution in [2.24, 2.45) is 7.05 Å². The van der Waals surface area contributed by atoms with Crippen LogP contribution < -0.4 is 4.74 Å². The monoisotopic (exact) mass is 320 g/mol. The van der Waals surface area contributed by atoms with Gasteiger partial charge in [0.25, 0.3) is 0 Å². The molecule has 122 valence electrons. The summed E-state index contributed by atoms with van der Waals surface area (Å²) in [5.41, 5.74) is 5.49. The number of carbonyl (C=O) groups is 1. The van der Waals surface area contributed by atoms with Gasteiger partial charge in [0.1, 0.15) is 5.75 Å². The van der Waals surface area contributed by atoms with Crippen molar-refractivity contribution in [2.45, 2.75) is 20.3 Å². The molecule has 1 aromatic heterocycles. The topological polar surface area (TPSA) is 44.1 Å². The first kappa shape index (κ1) is 16.0. The lowest BCUT2D eigenvalue weighted by atomic mass is 10.00. The number of rotatable bonds is 4. The van der Waals surface area contributed by atoms with Gasteiger partial charge in [0.2, 0.25) is 0 Å². The molecule has 2 aromatic carbocycles. The minimum atomic E-state index is -0.316. The molecule has 0 saturated heterocycles. The fourth-order valence-corrected chi connectivity index (χ4v) is 2.94. The van der Waals surface area contributed by atoms with Crippen molar-refractivity contribution >= 4 is 5.97 Å². The van der Waals surface area contributed by atoms with E-state index in [4.69, 9.17) is 9.84 Å². The molecule has 0 aliphatic heterocycles. The van der Waals surface area contributed by atoms with E-state index in [0.717, 1.165) is 28.9 Å². The van der Waals surface area contributed by atoms with Crippen LogP contribution in [-0.2, 0) is 18.3 Å². The van der Waals surface area contributed by atoms with Gasteiger partial charge in [-0.1, -0.05) is 37.3 Å². The van der Waals surface area contributed by atoms with E-state index in [9.17, 15) is 4.79 Å². The van der Waals surface area contributed by atoms with Gasteiger partial charge in [0.15, 0.2) is 0 Å². The zero-order valence-corrected chi connectivity index (χ0v) is 14.1. The average molecular weight is 320 g/mol. The molecule has 0 saturated carbocycles. The van der Waals surface area contributed by atoms with Crippen LogP contribution in [0.2, 0.25) is 0 Å². The summed E-state index contributed by atoms with van der Waals surface area (Å²) in [5, 5.41) is 4.73. The third-order valence-electron chi connectivity index (χ3n) is 3.94. The average Bonchev–Trinajstić information content (AvgIpc) is 2.92.